The molecule has 0 aromatic heterocycles. The number of piperidine rings is 1. The minimum Gasteiger partial charge on any atom is -0.508 e. The van der Waals surface area contributed by atoms with E-state index in [1.165, 1.54) is 5.56 Å². The highest BCUT2D eigenvalue weighted by Crippen LogP contribution is 2.19. The molecular weight excluding hydrogens is 200 g/mol. The maximum atomic E-state index is 9.18. The van der Waals surface area contributed by atoms with E-state index in [1.807, 2.05) is 12.1 Å². The highest BCUT2D eigenvalue weighted by atomic mass is 16.3. The minimum atomic E-state index is 0.246. The van der Waals surface area contributed by atoms with Crippen molar-refractivity contribution < 1.29 is 5.11 Å². The number of nitriles is 1. The van der Waals surface area contributed by atoms with E-state index in [2.05, 4.69) is 11.0 Å². The first-order valence-electron chi connectivity index (χ1n) is 5.68. The van der Waals surface area contributed by atoms with Gasteiger partial charge in [0.1, 0.15) is 5.75 Å². The van der Waals surface area contributed by atoms with Crippen LogP contribution in [0, 0.1) is 17.2 Å². The first kappa shape index (κ1) is 11.0. The molecule has 1 aliphatic heterocycles. The maximum Gasteiger partial charge on any atom is 0.115 e. The molecule has 0 amide bonds. The van der Waals surface area contributed by atoms with Crippen molar-refractivity contribution in [2.24, 2.45) is 5.92 Å². The van der Waals surface area contributed by atoms with Crippen molar-refractivity contribution in [3.05, 3.63) is 29.8 Å². The highest BCUT2D eigenvalue weighted by molar-refractivity contribution is 5.25. The lowest BCUT2D eigenvalue weighted by Crippen LogP contribution is -2.32. The second kappa shape index (κ2) is 5.00. The Hall–Kier alpha value is -1.53. The van der Waals surface area contributed by atoms with Gasteiger partial charge in [0.25, 0.3) is 0 Å². The summed E-state index contributed by atoms with van der Waals surface area (Å²) in [6, 6.07) is 9.68. The molecule has 3 heteroatoms. The number of phenols is 1. The second-order valence-electron chi connectivity index (χ2n) is 4.35. The Labute approximate surface area is 95.9 Å². The molecule has 2 rings (SSSR count). The molecule has 3 nitrogen and oxygen atoms in total. The number of nitrogens with zero attached hydrogens (tertiary/aromatic N) is 2. The molecule has 0 saturated carbocycles. The van der Waals surface area contributed by atoms with Gasteiger partial charge >= 0.3 is 0 Å². The second-order valence-corrected chi connectivity index (χ2v) is 4.35. The van der Waals surface area contributed by atoms with Gasteiger partial charge in [0.05, 0.1) is 6.07 Å². The summed E-state index contributed by atoms with van der Waals surface area (Å²) in [5, 5.41) is 18.0. The largest absolute Gasteiger partial charge is 0.508 e. The van der Waals surface area contributed by atoms with Crippen LogP contribution < -0.4 is 0 Å². The molecular formula is C13H16N2O. The first-order chi connectivity index (χ1) is 7.78. The van der Waals surface area contributed by atoms with E-state index < -0.39 is 0 Å². The lowest BCUT2D eigenvalue weighted by Gasteiger charge is -2.28. The standard InChI is InChI=1S/C13H16N2O/c14-9-11-5-7-15(8-6-11)10-12-1-3-13(16)4-2-12/h1-4,11,16H,5-8,10H2. The summed E-state index contributed by atoms with van der Waals surface area (Å²) in [5.41, 5.74) is 1.22. The zero-order valence-corrected chi connectivity index (χ0v) is 9.26. The number of rotatable bonds is 2. The van der Waals surface area contributed by atoms with E-state index in [0.29, 0.717) is 5.75 Å². The van der Waals surface area contributed by atoms with Crippen molar-refractivity contribution in [3.8, 4) is 11.8 Å². The fourth-order valence-corrected chi connectivity index (χ4v) is 2.08. The van der Waals surface area contributed by atoms with Crippen LogP contribution in [0.2, 0.25) is 0 Å². The van der Waals surface area contributed by atoms with Crippen molar-refractivity contribution >= 4 is 0 Å². The normalized spacial score (nSPS) is 18.2. The molecule has 16 heavy (non-hydrogen) atoms. The van der Waals surface area contributed by atoms with Crippen molar-refractivity contribution in [2.75, 3.05) is 13.1 Å². The van der Waals surface area contributed by atoms with Gasteiger partial charge in [-0.05, 0) is 43.6 Å². The van der Waals surface area contributed by atoms with Crippen molar-refractivity contribution in [1.82, 2.24) is 4.90 Å². The Kier molecular flexibility index (Phi) is 3.43. The van der Waals surface area contributed by atoms with Gasteiger partial charge in [-0.2, -0.15) is 5.26 Å². The molecule has 0 bridgehead atoms. The van der Waals surface area contributed by atoms with Crippen LogP contribution in [0.1, 0.15) is 18.4 Å². The van der Waals surface area contributed by atoms with Crippen LogP contribution >= 0.6 is 0 Å². The van der Waals surface area contributed by atoms with Crippen molar-refractivity contribution in [2.45, 2.75) is 19.4 Å². The van der Waals surface area contributed by atoms with Crippen LogP contribution in [0.25, 0.3) is 0 Å². The Morgan fingerprint density at radius 2 is 1.88 bits per heavy atom. The number of phenolic OH excluding ortho intramolecular Hbond substituents is 1. The topological polar surface area (TPSA) is 47.3 Å². The van der Waals surface area contributed by atoms with Gasteiger partial charge in [-0.3, -0.25) is 4.90 Å². The molecule has 0 atom stereocenters. The van der Waals surface area contributed by atoms with Crippen LogP contribution in [0.5, 0.6) is 5.75 Å². The summed E-state index contributed by atoms with van der Waals surface area (Å²) in [5.74, 6) is 0.558. The molecule has 84 valence electrons. The smallest absolute Gasteiger partial charge is 0.115 e. The third-order valence-corrected chi connectivity index (χ3v) is 3.11. The van der Waals surface area contributed by atoms with Crippen LogP contribution in [0.15, 0.2) is 24.3 Å². The summed E-state index contributed by atoms with van der Waals surface area (Å²) in [7, 11) is 0. The van der Waals surface area contributed by atoms with Gasteiger partial charge < -0.3 is 5.11 Å². The van der Waals surface area contributed by atoms with E-state index in [4.69, 9.17) is 5.26 Å². The quantitative estimate of drug-likeness (QED) is 0.823. The lowest BCUT2D eigenvalue weighted by molar-refractivity contribution is 0.198. The third-order valence-electron chi connectivity index (χ3n) is 3.11. The fraction of sp³-hybridized carbons (Fsp3) is 0.462. The molecule has 1 aromatic carbocycles. The van der Waals surface area contributed by atoms with Crippen LogP contribution in [-0.4, -0.2) is 23.1 Å². The Balaban J connectivity index is 1.87. The maximum absolute atomic E-state index is 9.18. The molecule has 1 N–H and O–H groups in total. The number of likely N-dealkylation sites (tertiary alicyclic amines) is 1. The number of aromatic hydroxyl groups is 1. The molecule has 1 aromatic rings. The van der Waals surface area contributed by atoms with Crippen LogP contribution in [-0.2, 0) is 6.54 Å². The van der Waals surface area contributed by atoms with E-state index in [9.17, 15) is 5.11 Å². The first-order valence-corrected chi connectivity index (χ1v) is 5.68. The predicted molar refractivity (Wildman–Crippen MR) is 61.7 cm³/mol. The molecule has 1 heterocycles. The highest BCUT2D eigenvalue weighted by Gasteiger charge is 2.18. The van der Waals surface area contributed by atoms with Gasteiger partial charge in [0.2, 0.25) is 0 Å². The molecule has 0 radical (unpaired) electrons. The van der Waals surface area contributed by atoms with Gasteiger partial charge in [-0.1, -0.05) is 12.1 Å². The summed E-state index contributed by atoms with van der Waals surface area (Å²) >= 11 is 0. The van der Waals surface area contributed by atoms with E-state index in [0.717, 1.165) is 32.5 Å². The van der Waals surface area contributed by atoms with Crippen LogP contribution in [0.3, 0.4) is 0 Å². The van der Waals surface area contributed by atoms with E-state index in [-0.39, 0.29) is 5.92 Å². The van der Waals surface area contributed by atoms with Gasteiger partial charge in [0, 0.05) is 12.5 Å². The summed E-state index contributed by atoms with van der Waals surface area (Å²) in [4.78, 5) is 2.36. The molecule has 1 aliphatic rings. The third kappa shape index (κ3) is 2.74. The zero-order chi connectivity index (χ0) is 11.4. The number of hydrogen-bond acceptors (Lipinski definition) is 3. The molecule has 0 aliphatic carbocycles. The number of hydrogen-bond donors (Lipinski definition) is 1. The van der Waals surface area contributed by atoms with Gasteiger partial charge in [-0.25, -0.2) is 0 Å². The summed E-state index contributed by atoms with van der Waals surface area (Å²) in [6.45, 7) is 2.91. The Morgan fingerprint density at radius 3 is 2.44 bits per heavy atom. The fourth-order valence-electron chi connectivity index (χ4n) is 2.08. The summed E-state index contributed by atoms with van der Waals surface area (Å²) in [6.07, 6.45) is 1.96. The minimum absolute atomic E-state index is 0.246. The average molecular weight is 216 g/mol. The molecule has 1 saturated heterocycles. The predicted octanol–water partition coefficient (Wildman–Crippen LogP) is 2.13. The van der Waals surface area contributed by atoms with Gasteiger partial charge in [-0.15, -0.1) is 0 Å². The van der Waals surface area contributed by atoms with Gasteiger partial charge in [0.15, 0.2) is 0 Å². The van der Waals surface area contributed by atoms with Crippen molar-refractivity contribution in [1.29, 1.82) is 5.26 Å². The summed E-state index contributed by atoms with van der Waals surface area (Å²) < 4.78 is 0. The lowest BCUT2D eigenvalue weighted by atomic mass is 9.98. The van der Waals surface area contributed by atoms with E-state index in [1.54, 1.807) is 12.1 Å². The molecule has 0 unspecified atom stereocenters. The zero-order valence-electron chi connectivity index (χ0n) is 9.26. The van der Waals surface area contributed by atoms with Crippen LogP contribution in [0.4, 0.5) is 0 Å². The Bertz CT molecular complexity index is 372. The average Bonchev–Trinajstić information content (AvgIpc) is 2.33. The number of benzene rings is 1. The Morgan fingerprint density at radius 1 is 1.25 bits per heavy atom. The molecule has 0 spiro atoms. The monoisotopic (exact) mass is 216 g/mol. The van der Waals surface area contributed by atoms with Crippen molar-refractivity contribution in [3.63, 3.8) is 0 Å². The van der Waals surface area contributed by atoms with E-state index >= 15 is 0 Å². The SMILES string of the molecule is N#CC1CCN(Cc2ccc(O)cc2)CC1. The molecule has 1 fully saturated rings.